The second-order valence-corrected chi connectivity index (χ2v) is 20.5. The molecule has 0 saturated carbocycles. The SMILES string of the molecule is CC[C@H](C)[C@@H]1NC(=O)[C@H](Cc2ccc(O)cc2)NC(=O)[C@@H](N)CSC/C=C/CSC[C@@H](C(=O)N2CCC[C@H]2C(=O)N[C@@H](CC(C)C)C(=O)NCC(N)=O)NC(=O)[C@H](CC(N)=O)NC(=O)[C@H](CCC(N)=O)NC1=O. The molecule has 26 heteroatoms. The summed E-state index contributed by atoms with van der Waals surface area (Å²) in [4.78, 5) is 149. The van der Waals surface area contributed by atoms with E-state index in [4.69, 9.17) is 22.9 Å². The third-order valence-electron chi connectivity index (χ3n) is 11.9. The number of rotatable bonds is 17. The van der Waals surface area contributed by atoms with Gasteiger partial charge in [0.1, 0.15) is 48.0 Å². The zero-order chi connectivity index (χ0) is 54.4. The van der Waals surface area contributed by atoms with Crippen molar-refractivity contribution in [2.45, 2.75) is 127 Å². The highest BCUT2D eigenvalue weighted by Gasteiger charge is 2.41. The van der Waals surface area contributed by atoms with Crippen molar-refractivity contribution >= 4 is 88.5 Å². The Labute approximate surface area is 432 Å². The molecular formula is C47H72N12O12S2. The Hall–Kier alpha value is -6.41. The van der Waals surface area contributed by atoms with Crippen LogP contribution in [0, 0.1) is 11.8 Å². The summed E-state index contributed by atoms with van der Waals surface area (Å²) in [6.07, 6.45) is 3.02. The molecule has 1 fully saturated rings. The molecule has 11 amide bonds. The molecule has 0 unspecified atom stereocenters. The number of nitrogens with one attached hydrogen (secondary N) is 7. The first-order chi connectivity index (χ1) is 34.5. The van der Waals surface area contributed by atoms with Crippen molar-refractivity contribution in [1.82, 2.24) is 42.1 Å². The molecule has 73 heavy (non-hydrogen) atoms. The topological polar surface area (TPSA) is 400 Å². The number of carbonyl (C=O) groups excluding carboxylic acids is 11. The van der Waals surface area contributed by atoms with E-state index in [2.05, 4.69) is 37.2 Å². The summed E-state index contributed by atoms with van der Waals surface area (Å²) in [5.41, 5.74) is 23.0. The Balaban J connectivity index is 2.02. The van der Waals surface area contributed by atoms with Gasteiger partial charge < -0.3 is 70.2 Å². The van der Waals surface area contributed by atoms with E-state index >= 15 is 0 Å². The van der Waals surface area contributed by atoms with Gasteiger partial charge in [0.05, 0.1) is 19.0 Å². The Morgan fingerprint density at radius 2 is 1.37 bits per heavy atom. The minimum Gasteiger partial charge on any atom is -0.508 e. The maximum Gasteiger partial charge on any atom is 0.246 e. The van der Waals surface area contributed by atoms with Gasteiger partial charge in [-0.25, -0.2) is 0 Å². The van der Waals surface area contributed by atoms with Crippen molar-refractivity contribution in [3.8, 4) is 5.75 Å². The molecule has 1 aromatic carbocycles. The molecule has 1 saturated heterocycles. The summed E-state index contributed by atoms with van der Waals surface area (Å²) in [5, 5.41) is 27.9. The Morgan fingerprint density at radius 1 is 0.767 bits per heavy atom. The number of amides is 11. The standard InChI is InChI=1S/C47H72N12O12S2/c1-5-26(4)39-46(70)53-30(14-15-36(49)61)42(66)55-33(21-37(50)62)43(67)57-34(47(71)59-16-8-9-35(59)45(69)56-31(19-25(2)3)41(65)52-22-38(51)63)24-73-18-7-6-17-72-23-29(48)40(64)54-32(44(68)58-39)20-27-10-12-28(60)13-11-27/h6-7,10-13,25-26,29-35,39,60H,5,8-9,14-24,48H2,1-4H3,(H2,49,61)(H2,50,62)(H2,51,63)(H,52,65)(H,53,70)(H,54,64)(H,55,66)(H,56,69)(H,57,67)(H,58,68)/b7-6+/t26-,29-,30-,31-,32-,33-,34-,35-,39-/m0/s1. The van der Waals surface area contributed by atoms with Crippen molar-refractivity contribution in [1.29, 1.82) is 0 Å². The van der Waals surface area contributed by atoms with Crippen LogP contribution in [0.15, 0.2) is 36.4 Å². The average molecular weight is 1060 g/mol. The fourth-order valence-corrected chi connectivity index (χ4v) is 9.44. The number of nitrogens with two attached hydrogens (primary N) is 4. The summed E-state index contributed by atoms with van der Waals surface area (Å²) in [6.45, 7) is 6.69. The molecule has 2 aliphatic rings. The van der Waals surface area contributed by atoms with Crippen LogP contribution in [0.3, 0.4) is 0 Å². The molecule has 0 spiro atoms. The van der Waals surface area contributed by atoms with Crippen molar-refractivity contribution < 1.29 is 57.8 Å². The van der Waals surface area contributed by atoms with Crippen molar-refractivity contribution in [3.05, 3.63) is 42.0 Å². The minimum atomic E-state index is -1.74. The Kier molecular flexibility index (Phi) is 25.5. The monoisotopic (exact) mass is 1060 g/mol. The summed E-state index contributed by atoms with van der Waals surface area (Å²) in [7, 11) is 0. The van der Waals surface area contributed by atoms with Crippen LogP contribution in [0.1, 0.15) is 78.2 Å². The highest BCUT2D eigenvalue weighted by atomic mass is 32.2. The van der Waals surface area contributed by atoms with Crippen molar-refractivity contribution in [2.75, 3.05) is 36.1 Å². The highest BCUT2D eigenvalue weighted by Crippen LogP contribution is 2.22. The molecule has 0 aliphatic carbocycles. The van der Waals surface area contributed by atoms with Crippen molar-refractivity contribution in [3.63, 3.8) is 0 Å². The summed E-state index contributed by atoms with van der Waals surface area (Å²) < 4.78 is 0. The van der Waals surface area contributed by atoms with Crippen LogP contribution in [0.2, 0.25) is 0 Å². The predicted molar refractivity (Wildman–Crippen MR) is 273 cm³/mol. The maximum absolute atomic E-state index is 14.5. The number of primary amides is 3. The lowest BCUT2D eigenvalue weighted by molar-refractivity contribution is -0.142. The second kappa shape index (κ2) is 30.6. The third kappa shape index (κ3) is 20.9. The highest BCUT2D eigenvalue weighted by molar-refractivity contribution is 7.99. The van der Waals surface area contributed by atoms with E-state index in [-0.39, 0.29) is 49.0 Å². The molecule has 1 aromatic rings. The van der Waals surface area contributed by atoms with Gasteiger partial charge >= 0.3 is 0 Å². The minimum absolute atomic E-state index is 0.0294. The van der Waals surface area contributed by atoms with Crippen LogP contribution in [0.4, 0.5) is 0 Å². The number of thioether (sulfide) groups is 2. The van der Waals surface area contributed by atoms with E-state index in [9.17, 15) is 57.8 Å². The lowest BCUT2D eigenvalue weighted by Crippen LogP contribution is -2.61. The van der Waals surface area contributed by atoms with Crippen LogP contribution in [0.5, 0.6) is 5.75 Å². The van der Waals surface area contributed by atoms with Crippen LogP contribution >= 0.6 is 23.5 Å². The number of carbonyl (C=O) groups is 11. The lowest BCUT2D eigenvalue weighted by atomic mass is 9.96. The molecule has 16 N–H and O–H groups in total. The fraction of sp³-hybridized carbons (Fsp3) is 0.596. The number of phenols is 1. The lowest BCUT2D eigenvalue weighted by Gasteiger charge is -2.31. The van der Waals surface area contributed by atoms with Crippen LogP contribution in [-0.4, -0.2) is 159 Å². The molecule has 3 rings (SSSR count). The summed E-state index contributed by atoms with van der Waals surface area (Å²) in [5.74, 6) is -8.99. The first kappa shape index (κ1) is 60.9. The van der Waals surface area contributed by atoms with Gasteiger partial charge in [0.15, 0.2) is 0 Å². The van der Waals surface area contributed by atoms with Gasteiger partial charge in [-0.2, -0.15) is 23.5 Å². The first-order valence-corrected chi connectivity index (χ1v) is 26.4. The van der Waals surface area contributed by atoms with Gasteiger partial charge in [0.2, 0.25) is 65.0 Å². The Bertz CT molecular complexity index is 2170. The fourth-order valence-electron chi connectivity index (χ4n) is 7.76. The van der Waals surface area contributed by atoms with Gasteiger partial charge in [0.25, 0.3) is 0 Å². The third-order valence-corrected chi connectivity index (χ3v) is 13.9. The van der Waals surface area contributed by atoms with E-state index in [1.807, 2.05) is 13.8 Å². The van der Waals surface area contributed by atoms with E-state index in [1.165, 1.54) is 40.6 Å². The molecule has 2 aliphatic heterocycles. The Morgan fingerprint density at radius 3 is 1.97 bits per heavy atom. The zero-order valence-corrected chi connectivity index (χ0v) is 43.3. The molecule has 0 bridgehead atoms. The van der Waals surface area contributed by atoms with E-state index in [1.54, 1.807) is 38.1 Å². The molecule has 0 aromatic heterocycles. The van der Waals surface area contributed by atoms with Gasteiger partial charge in [-0.05, 0) is 55.2 Å². The normalized spacial score (nSPS) is 24.5. The van der Waals surface area contributed by atoms with E-state index < -0.39 is 145 Å². The maximum atomic E-state index is 14.5. The van der Waals surface area contributed by atoms with Crippen LogP contribution in [0.25, 0.3) is 0 Å². The molecule has 9 atom stereocenters. The predicted octanol–water partition coefficient (Wildman–Crippen LogP) is -2.97. The van der Waals surface area contributed by atoms with Gasteiger partial charge in [-0.1, -0.05) is 58.4 Å². The number of hydrogen-bond donors (Lipinski definition) is 12. The number of phenolic OH excluding ortho intramolecular Hbond substituents is 1. The number of benzene rings is 1. The van der Waals surface area contributed by atoms with Gasteiger partial charge in [0, 0.05) is 42.4 Å². The van der Waals surface area contributed by atoms with Gasteiger partial charge in [-0.15, -0.1) is 0 Å². The molecular weight excluding hydrogens is 989 g/mol. The van der Waals surface area contributed by atoms with E-state index in [0.717, 1.165) is 0 Å². The smallest absolute Gasteiger partial charge is 0.246 e. The van der Waals surface area contributed by atoms with Gasteiger partial charge in [-0.3, -0.25) is 52.7 Å². The van der Waals surface area contributed by atoms with E-state index in [0.29, 0.717) is 29.9 Å². The molecule has 404 valence electrons. The van der Waals surface area contributed by atoms with Crippen LogP contribution < -0.4 is 60.2 Å². The number of nitrogens with zero attached hydrogens (tertiary/aromatic N) is 1. The van der Waals surface area contributed by atoms with Crippen LogP contribution in [-0.2, 0) is 59.2 Å². The molecule has 0 radical (unpaired) electrons. The largest absolute Gasteiger partial charge is 0.508 e. The zero-order valence-electron chi connectivity index (χ0n) is 41.6. The second-order valence-electron chi connectivity index (χ2n) is 18.4. The average Bonchev–Trinajstić information content (AvgIpc) is 3.83. The first-order valence-electron chi connectivity index (χ1n) is 24.1. The quantitative estimate of drug-likeness (QED) is 0.0694. The van der Waals surface area contributed by atoms with Crippen molar-refractivity contribution in [2.24, 2.45) is 34.8 Å². The molecule has 24 nitrogen and oxygen atoms in total. The summed E-state index contributed by atoms with van der Waals surface area (Å²) >= 11 is 2.54. The summed E-state index contributed by atoms with van der Waals surface area (Å²) in [6, 6.07) is -4.60. The number of aromatic hydroxyl groups is 1. The number of likely N-dealkylation sites (tertiary alicyclic amines) is 1. The number of hydrogen-bond acceptors (Lipinski definition) is 15. The molecule has 2 heterocycles.